The molecule has 0 radical (unpaired) electrons. The summed E-state index contributed by atoms with van der Waals surface area (Å²) in [6.45, 7) is 0. The summed E-state index contributed by atoms with van der Waals surface area (Å²) >= 11 is 0. The molecule has 0 spiro atoms. The number of aliphatic hydroxyl groups excluding tert-OH is 1. The average Bonchev–Trinajstić information content (AvgIpc) is 3.16. The van der Waals surface area contributed by atoms with E-state index in [1.807, 2.05) is 28.8 Å². The molecule has 0 bridgehead atoms. The Morgan fingerprint density at radius 2 is 1.68 bits per heavy atom. The second-order valence-corrected chi connectivity index (χ2v) is 10.6. The second kappa shape index (κ2) is 9.46. The van der Waals surface area contributed by atoms with Gasteiger partial charge in [0.25, 0.3) is 10.0 Å². The summed E-state index contributed by atoms with van der Waals surface area (Å²) in [7, 11) is -4.22. The number of benzene rings is 3. The van der Waals surface area contributed by atoms with Gasteiger partial charge in [-0.2, -0.15) is 12.8 Å². The van der Waals surface area contributed by atoms with Crippen LogP contribution in [0.5, 0.6) is 5.75 Å². The maximum absolute atomic E-state index is 14.0. The summed E-state index contributed by atoms with van der Waals surface area (Å²) in [6.07, 6.45) is -2.85. The summed E-state index contributed by atoms with van der Waals surface area (Å²) in [4.78, 5) is -0.301. The molecule has 3 atom stereocenters. The molecule has 1 aliphatic carbocycles. The van der Waals surface area contributed by atoms with Gasteiger partial charge in [0, 0.05) is 33.9 Å². The van der Waals surface area contributed by atoms with Gasteiger partial charge in [-0.3, -0.25) is 0 Å². The lowest BCUT2D eigenvalue weighted by molar-refractivity contribution is -0.274. The highest BCUT2D eigenvalue weighted by atomic mass is 32.2. The number of alkyl halides is 3. The van der Waals surface area contributed by atoms with E-state index in [1.165, 1.54) is 18.3 Å². The van der Waals surface area contributed by atoms with Crippen molar-refractivity contribution in [3.63, 3.8) is 0 Å². The molecule has 3 aromatic carbocycles. The van der Waals surface area contributed by atoms with Crippen molar-refractivity contribution < 1.29 is 35.8 Å². The van der Waals surface area contributed by atoms with Crippen LogP contribution < -0.4 is 4.74 Å². The van der Waals surface area contributed by atoms with Crippen LogP contribution in [0.3, 0.4) is 0 Å². The molecule has 4 aromatic rings. The minimum Gasteiger partial charge on any atom is -0.406 e. The topological polar surface area (TPSA) is 80.9 Å². The van der Waals surface area contributed by atoms with Gasteiger partial charge in [-0.15, -0.1) is 13.2 Å². The number of rotatable bonds is 5. The number of para-hydroxylation sites is 1. The van der Waals surface area contributed by atoms with Crippen molar-refractivity contribution in [1.82, 2.24) is 4.57 Å². The van der Waals surface area contributed by atoms with E-state index in [9.17, 15) is 31.1 Å². The molecule has 0 aliphatic heterocycles. The largest absolute Gasteiger partial charge is 0.573 e. The molecule has 37 heavy (non-hydrogen) atoms. The standard InChI is InChI=1S/C26H22F4N2O4S/c27-17-8-13-23-21(14-17)20-5-1-2-6-22(20)32(23)24-7-3-4-16(25(24)33)15-31-37(34,35)19-11-9-18(10-12-19)36-26(28,29)30/h1-2,5-6,8-16,24-25,33H,3-4,7H2/t16?,24-,25-/m0/s1. The predicted molar refractivity (Wildman–Crippen MR) is 131 cm³/mol. The quantitative estimate of drug-likeness (QED) is 0.252. The van der Waals surface area contributed by atoms with E-state index >= 15 is 0 Å². The van der Waals surface area contributed by atoms with Crippen molar-refractivity contribution in [3.05, 3.63) is 72.5 Å². The van der Waals surface area contributed by atoms with Crippen molar-refractivity contribution in [2.75, 3.05) is 0 Å². The monoisotopic (exact) mass is 534 g/mol. The van der Waals surface area contributed by atoms with E-state index in [0.29, 0.717) is 19.3 Å². The second-order valence-electron chi connectivity index (χ2n) is 8.95. The van der Waals surface area contributed by atoms with Gasteiger partial charge in [0.1, 0.15) is 11.6 Å². The first kappa shape index (κ1) is 25.2. The van der Waals surface area contributed by atoms with Crippen molar-refractivity contribution >= 4 is 38.0 Å². The molecular formula is C26H22F4N2O4S. The number of ether oxygens (including phenoxy) is 1. The van der Waals surface area contributed by atoms with Gasteiger partial charge in [-0.05, 0) is 61.4 Å². The van der Waals surface area contributed by atoms with E-state index in [1.54, 1.807) is 6.07 Å². The normalized spacial score (nSPS) is 21.2. The number of sulfonamides is 1. The molecule has 6 nitrogen and oxygen atoms in total. The van der Waals surface area contributed by atoms with Gasteiger partial charge in [0.05, 0.1) is 17.0 Å². The maximum Gasteiger partial charge on any atom is 0.573 e. The fourth-order valence-electron chi connectivity index (χ4n) is 5.00. The molecule has 0 saturated heterocycles. The van der Waals surface area contributed by atoms with E-state index < -0.39 is 40.2 Å². The zero-order valence-electron chi connectivity index (χ0n) is 19.3. The highest BCUT2D eigenvalue weighted by Crippen LogP contribution is 2.39. The summed E-state index contributed by atoms with van der Waals surface area (Å²) in [5.41, 5.74) is 1.59. The lowest BCUT2D eigenvalue weighted by Gasteiger charge is -2.34. The van der Waals surface area contributed by atoms with Crippen LogP contribution in [0.2, 0.25) is 0 Å². The minimum atomic E-state index is -4.89. The van der Waals surface area contributed by atoms with Crippen LogP contribution in [0.25, 0.3) is 21.8 Å². The molecule has 1 aliphatic rings. The van der Waals surface area contributed by atoms with Crippen molar-refractivity contribution in [1.29, 1.82) is 0 Å². The van der Waals surface area contributed by atoms with E-state index in [0.717, 1.165) is 46.1 Å². The van der Waals surface area contributed by atoms with Crippen LogP contribution in [0.1, 0.15) is 25.3 Å². The Balaban J connectivity index is 1.42. The fourth-order valence-corrected chi connectivity index (χ4v) is 5.92. The number of hydrogen-bond acceptors (Lipinski definition) is 4. The van der Waals surface area contributed by atoms with Crippen molar-refractivity contribution in [2.24, 2.45) is 10.3 Å². The third-order valence-electron chi connectivity index (χ3n) is 6.62. The van der Waals surface area contributed by atoms with Gasteiger partial charge >= 0.3 is 6.36 Å². The summed E-state index contributed by atoms with van der Waals surface area (Å²) in [6, 6.07) is 15.3. The Labute approximate surface area is 209 Å². The van der Waals surface area contributed by atoms with Crippen LogP contribution in [0.15, 0.2) is 76.0 Å². The Hall–Kier alpha value is -3.44. The molecule has 1 saturated carbocycles. The molecule has 11 heteroatoms. The highest BCUT2D eigenvalue weighted by Gasteiger charge is 2.34. The zero-order chi connectivity index (χ0) is 26.4. The van der Waals surface area contributed by atoms with E-state index in [-0.39, 0.29) is 10.7 Å². The van der Waals surface area contributed by atoms with Gasteiger partial charge in [0.15, 0.2) is 0 Å². The Morgan fingerprint density at radius 1 is 0.973 bits per heavy atom. The van der Waals surface area contributed by atoms with Crippen LogP contribution in [0.4, 0.5) is 17.6 Å². The molecule has 1 fully saturated rings. The van der Waals surface area contributed by atoms with Crippen molar-refractivity contribution in [3.8, 4) is 5.75 Å². The Morgan fingerprint density at radius 3 is 2.41 bits per heavy atom. The molecular weight excluding hydrogens is 512 g/mol. The number of aromatic nitrogens is 1. The minimum absolute atomic E-state index is 0.301. The van der Waals surface area contributed by atoms with Crippen LogP contribution in [0, 0.1) is 11.7 Å². The molecule has 1 aromatic heterocycles. The summed E-state index contributed by atoms with van der Waals surface area (Å²) < 4.78 is 85.9. The molecule has 0 amide bonds. The average molecular weight is 535 g/mol. The predicted octanol–water partition coefficient (Wildman–Crippen LogP) is 5.99. The first-order valence-corrected chi connectivity index (χ1v) is 13.0. The molecule has 1 heterocycles. The summed E-state index contributed by atoms with van der Waals surface area (Å²) in [5, 5.41) is 12.9. The third-order valence-corrected chi connectivity index (χ3v) is 7.89. The lowest BCUT2D eigenvalue weighted by Crippen LogP contribution is -2.36. The molecule has 194 valence electrons. The van der Waals surface area contributed by atoms with Crippen LogP contribution in [-0.4, -0.2) is 36.8 Å². The number of halogens is 4. The van der Waals surface area contributed by atoms with E-state index in [4.69, 9.17) is 0 Å². The Bertz CT molecular complexity index is 1580. The zero-order valence-corrected chi connectivity index (χ0v) is 20.1. The van der Waals surface area contributed by atoms with Crippen LogP contribution in [-0.2, 0) is 10.0 Å². The number of fused-ring (bicyclic) bond motifs is 3. The van der Waals surface area contributed by atoms with Gasteiger partial charge in [-0.25, -0.2) is 4.39 Å². The maximum atomic E-state index is 14.0. The van der Waals surface area contributed by atoms with Gasteiger partial charge in [0.2, 0.25) is 0 Å². The Kier molecular flexibility index (Phi) is 6.45. The van der Waals surface area contributed by atoms with E-state index in [2.05, 4.69) is 9.13 Å². The van der Waals surface area contributed by atoms with Crippen molar-refractivity contribution in [2.45, 2.75) is 42.7 Å². The lowest BCUT2D eigenvalue weighted by atomic mass is 9.83. The number of aliphatic hydroxyl groups is 1. The fraction of sp³-hybridized carbons (Fsp3) is 0.269. The van der Waals surface area contributed by atoms with Crippen LogP contribution >= 0.6 is 0 Å². The molecule has 5 rings (SSSR count). The first-order chi connectivity index (χ1) is 17.5. The summed E-state index contributed by atoms with van der Waals surface area (Å²) in [5.74, 6) is -1.50. The smallest absolute Gasteiger partial charge is 0.406 e. The molecule has 1 unspecified atom stereocenters. The highest BCUT2D eigenvalue weighted by molar-refractivity contribution is 7.90. The van der Waals surface area contributed by atoms with Gasteiger partial charge < -0.3 is 14.4 Å². The number of hydrogen-bond donors (Lipinski definition) is 1. The third kappa shape index (κ3) is 5.05. The number of nitrogens with zero attached hydrogens (tertiary/aromatic N) is 2. The molecule has 1 N–H and O–H groups in total. The van der Waals surface area contributed by atoms with Gasteiger partial charge in [-0.1, -0.05) is 24.6 Å². The SMILES string of the molecule is O=S(=O)(N=CC1CCC[C@H](n2c3ccccc3c3cc(F)ccc32)[C@H]1O)c1ccc(OC(F)(F)F)cc1. The first-order valence-electron chi connectivity index (χ1n) is 11.6.